The summed E-state index contributed by atoms with van der Waals surface area (Å²) in [5.41, 5.74) is 1.80. The number of carbonyl (C=O) groups is 1. The largest absolute Gasteiger partial charge is 0.465 e. The van der Waals surface area contributed by atoms with Crippen LogP contribution in [0.3, 0.4) is 0 Å². The van der Waals surface area contributed by atoms with E-state index < -0.39 is 17.5 Å². The van der Waals surface area contributed by atoms with Gasteiger partial charge in [-0.15, -0.1) is 0 Å². The molecule has 2 aromatic carbocycles. The molecule has 1 amide bonds. The van der Waals surface area contributed by atoms with Gasteiger partial charge in [-0.2, -0.15) is 5.10 Å². The normalized spacial score (nSPS) is 11.4. The van der Waals surface area contributed by atoms with Gasteiger partial charge in [0.1, 0.15) is 5.82 Å². The Morgan fingerprint density at radius 3 is 2.68 bits per heavy atom. The molecule has 0 fully saturated rings. The fourth-order valence-electron chi connectivity index (χ4n) is 3.17. The van der Waals surface area contributed by atoms with Crippen molar-refractivity contribution in [3.05, 3.63) is 52.6 Å². The molecule has 0 bridgehead atoms. The minimum absolute atomic E-state index is 0.208. The van der Waals surface area contributed by atoms with E-state index in [1.54, 1.807) is 32.0 Å². The number of aromatic nitrogens is 4. The van der Waals surface area contributed by atoms with Crippen molar-refractivity contribution < 1.29 is 14.3 Å². The molecule has 2 heterocycles. The van der Waals surface area contributed by atoms with Crippen molar-refractivity contribution in [2.45, 2.75) is 19.9 Å². The van der Waals surface area contributed by atoms with Gasteiger partial charge in [-0.05, 0) is 44.2 Å². The highest BCUT2D eigenvalue weighted by Gasteiger charge is 2.21. The number of rotatable bonds is 3. The van der Waals surface area contributed by atoms with Crippen LogP contribution in [0.2, 0.25) is 0 Å². The summed E-state index contributed by atoms with van der Waals surface area (Å²) >= 11 is 0. The summed E-state index contributed by atoms with van der Waals surface area (Å²) in [4.78, 5) is 31.9. The molecular weight excluding hydrogens is 365 g/mol. The van der Waals surface area contributed by atoms with Crippen LogP contribution in [0.15, 0.2) is 41.2 Å². The van der Waals surface area contributed by atoms with Crippen LogP contribution in [0.4, 0.5) is 15.1 Å². The van der Waals surface area contributed by atoms with Crippen LogP contribution >= 0.6 is 0 Å². The van der Waals surface area contributed by atoms with Crippen LogP contribution in [-0.2, 0) is 0 Å². The SMILES string of the molecule is CC(C)N(C(=O)O)c1nc2ccc(-c3n[nH]c(=O)c4ccc(F)cc34)cc2[nH]1. The standard InChI is InChI=1S/C19H16FN5O3/c1-9(2)25(19(27)28)18-21-14-6-3-10(7-15(14)22-18)16-13-8-11(20)4-5-12(13)17(26)24-23-16/h3-9H,1-2H3,(H,21,22)(H,24,26)(H,27,28). The second-order valence-corrected chi connectivity index (χ2v) is 6.63. The maximum Gasteiger partial charge on any atom is 0.414 e. The molecule has 0 atom stereocenters. The van der Waals surface area contributed by atoms with Gasteiger partial charge < -0.3 is 10.1 Å². The van der Waals surface area contributed by atoms with Crippen LogP contribution in [0, 0.1) is 5.82 Å². The Kier molecular flexibility index (Phi) is 4.07. The molecule has 9 heteroatoms. The molecule has 0 saturated carbocycles. The number of benzene rings is 2. The monoisotopic (exact) mass is 381 g/mol. The van der Waals surface area contributed by atoms with Gasteiger partial charge in [0.05, 0.1) is 22.1 Å². The molecule has 3 N–H and O–H groups in total. The number of hydrogen-bond acceptors (Lipinski definition) is 4. The summed E-state index contributed by atoms with van der Waals surface area (Å²) in [6, 6.07) is 8.77. The number of nitrogens with one attached hydrogen (secondary N) is 2. The molecule has 0 unspecified atom stereocenters. The van der Waals surface area contributed by atoms with Crippen molar-refractivity contribution in [2.24, 2.45) is 0 Å². The number of fused-ring (bicyclic) bond motifs is 2. The Balaban J connectivity index is 1.88. The Morgan fingerprint density at radius 2 is 1.96 bits per heavy atom. The summed E-state index contributed by atoms with van der Waals surface area (Å²) in [6.07, 6.45) is -1.11. The topological polar surface area (TPSA) is 115 Å². The highest BCUT2D eigenvalue weighted by atomic mass is 19.1. The molecule has 142 valence electrons. The Morgan fingerprint density at radius 1 is 1.18 bits per heavy atom. The van der Waals surface area contributed by atoms with Gasteiger partial charge in [-0.1, -0.05) is 6.07 Å². The highest BCUT2D eigenvalue weighted by molar-refractivity contribution is 5.96. The van der Waals surface area contributed by atoms with Crippen LogP contribution in [0.1, 0.15) is 13.8 Å². The van der Waals surface area contributed by atoms with Crippen molar-refractivity contribution in [3.63, 3.8) is 0 Å². The summed E-state index contributed by atoms with van der Waals surface area (Å²) in [6.45, 7) is 3.50. The second kappa shape index (κ2) is 6.45. The maximum absolute atomic E-state index is 13.7. The van der Waals surface area contributed by atoms with Gasteiger partial charge in [-0.25, -0.2) is 24.2 Å². The Labute approximate surface area is 157 Å². The molecule has 4 aromatic rings. The number of imidazole rings is 1. The van der Waals surface area contributed by atoms with E-state index in [-0.39, 0.29) is 12.0 Å². The van der Waals surface area contributed by atoms with Gasteiger partial charge in [0, 0.05) is 17.0 Å². The third kappa shape index (κ3) is 2.86. The molecule has 0 aliphatic rings. The zero-order valence-corrected chi connectivity index (χ0v) is 15.0. The Hall–Kier alpha value is -3.75. The number of anilines is 1. The van der Waals surface area contributed by atoms with E-state index in [1.807, 2.05) is 0 Å². The summed E-state index contributed by atoms with van der Waals surface area (Å²) in [5.74, 6) is -0.264. The lowest BCUT2D eigenvalue weighted by atomic mass is 10.0. The fraction of sp³-hybridized carbons (Fsp3) is 0.158. The maximum atomic E-state index is 13.7. The first kappa shape index (κ1) is 17.7. The molecule has 0 aliphatic heterocycles. The van der Waals surface area contributed by atoms with Crippen LogP contribution in [0.5, 0.6) is 0 Å². The van der Waals surface area contributed by atoms with E-state index in [2.05, 4.69) is 20.2 Å². The van der Waals surface area contributed by atoms with Gasteiger partial charge in [0.2, 0.25) is 5.95 Å². The van der Waals surface area contributed by atoms with Gasteiger partial charge >= 0.3 is 6.09 Å². The third-order valence-corrected chi connectivity index (χ3v) is 4.44. The average Bonchev–Trinajstić information content (AvgIpc) is 3.03. The van der Waals surface area contributed by atoms with Crippen molar-refractivity contribution in [1.29, 1.82) is 0 Å². The Bertz CT molecular complexity index is 1280. The van der Waals surface area contributed by atoms with E-state index in [0.29, 0.717) is 33.1 Å². The number of hydrogen-bond donors (Lipinski definition) is 3. The molecule has 8 nitrogen and oxygen atoms in total. The third-order valence-electron chi connectivity index (χ3n) is 4.44. The first-order chi connectivity index (χ1) is 13.3. The quantitative estimate of drug-likeness (QED) is 0.502. The average molecular weight is 381 g/mol. The summed E-state index contributed by atoms with van der Waals surface area (Å²) < 4.78 is 13.7. The lowest BCUT2D eigenvalue weighted by Crippen LogP contribution is -2.36. The van der Waals surface area contributed by atoms with Crippen molar-refractivity contribution in [2.75, 3.05) is 4.90 Å². The number of H-pyrrole nitrogens is 2. The molecule has 28 heavy (non-hydrogen) atoms. The molecule has 0 spiro atoms. The minimum Gasteiger partial charge on any atom is -0.465 e. The zero-order chi connectivity index (χ0) is 20.0. The first-order valence-corrected chi connectivity index (χ1v) is 8.55. The number of carboxylic acid groups (broad SMARTS) is 1. The van der Waals surface area contributed by atoms with Crippen molar-refractivity contribution in [3.8, 4) is 11.3 Å². The van der Waals surface area contributed by atoms with Gasteiger partial charge in [0.15, 0.2) is 0 Å². The molecule has 0 aliphatic carbocycles. The lowest BCUT2D eigenvalue weighted by Gasteiger charge is -2.19. The predicted molar refractivity (Wildman–Crippen MR) is 103 cm³/mol. The summed E-state index contributed by atoms with van der Waals surface area (Å²) in [7, 11) is 0. The van der Waals surface area contributed by atoms with Crippen LogP contribution < -0.4 is 10.5 Å². The van der Waals surface area contributed by atoms with Crippen LogP contribution in [0.25, 0.3) is 33.1 Å². The molecule has 0 radical (unpaired) electrons. The molecule has 4 rings (SSSR count). The predicted octanol–water partition coefficient (Wildman–Crippen LogP) is 3.50. The van der Waals surface area contributed by atoms with Crippen molar-refractivity contribution >= 4 is 33.8 Å². The van der Waals surface area contributed by atoms with E-state index in [0.717, 1.165) is 4.90 Å². The fourth-order valence-corrected chi connectivity index (χ4v) is 3.17. The number of halogens is 1. The minimum atomic E-state index is -1.11. The lowest BCUT2D eigenvalue weighted by molar-refractivity contribution is 0.199. The molecule has 0 saturated heterocycles. The number of nitrogens with zero attached hydrogens (tertiary/aromatic N) is 3. The smallest absolute Gasteiger partial charge is 0.414 e. The van der Waals surface area contributed by atoms with E-state index in [1.165, 1.54) is 18.2 Å². The van der Waals surface area contributed by atoms with E-state index in [4.69, 9.17) is 0 Å². The molecule has 2 aromatic heterocycles. The van der Waals surface area contributed by atoms with E-state index >= 15 is 0 Å². The zero-order valence-electron chi connectivity index (χ0n) is 15.0. The summed E-state index contributed by atoms with van der Waals surface area (Å²) in [5, 5.41) is 16.6. The molecular formula is C19H16FN5O3. The highest BCUT2D eigenvalue weighted by Crippen LogP contribution is 2.28. The van der Waals surface area contributed by atoms with Gasteiger partial charge in [0.25, 0.3) is 5.56 Å². The first-order valence-electron chi connectivity index (χ1n) is 8.55. The number of aromatic amines is 2. The van der Waals surface area contributed by atoms with Gasteiger partial charge in [-0.3, -0.25) is 4.79 Å². The van der Waals surface area contributed by atoms with Crippen molar-refractivity contribution in [1.82, 2.24) is 20.2 Å². The van der Waals surface area contributed by atoms with Crippen LogP contribution in [-0.4, -0.2) is 37.4 Å². The number of amides is 1. The van der Waals surface area contributed by atoms with E-state index in [9.17, 15) is 19.1 Å². The second-order valence-electron chi connectivity index (χ2n) is 6.63.